The predicted molar refractivity (Wildman–Crippen MR) is 89.3 cm³/mol. The number of aromatic nitrogens is 3. The quantitative estimate of drug-likeness (QED) is 0.742. The minimum atomic E-state index is 0.344. The van der Waals surface area contributed by atoms with Crippen molar-refractivity contribution in [3.8, 4) is 11.5 Å². The average molecular weight is 433 g/mol. The van der Waals surface area contributed by atoms with E-state index in [0.717, 1.165) is 25.2 Å². The second-order valence-electron chi connectivity index (χ2n) is 4.36. The van der Waals surface area contributed by atoms with Crippen LogP contribution in [0.3, 0.4) is 0 Å². The van der Waals surface area contributed by atoms with Gasteiger partial charge in [-0.2, -0.15) is 0 Å². The zero-order valence-electron chi connectivity index (χ0n) is 10.9. The van der Waals surface area contributed by atoms with Gasteiger partial charge in [0, 0.05) is 17.7 Å². The van der Waals surface area contributed by atoms with Crippen molar-refractivity contribution in [3.05, 3.63) is 32.1 Å². The summed E-state index contributed by atoms with van der Waals surface area (Å²) in [6, 6.07) is 3.85. The van der Waals surface area contributed by atoms with Crippen molar-refractivity contribution < 1.29 is 0 Å². The van der Waals surface area contributed by atoms with E-state index in [2.05, 4.69) is 72.6 Å². The topological polar surface area (TPSA) is 50.7 Å². The van der Waals surface area contributed by atoms with Crippen LogP contribution in [0.25, 0.3) is 11.5 Å². The van der Waals surface area contributed by atoms with Gasteiger partial charge in [-0.15, -0.1) is 0 Å². The van der Waals surface area contributed by atoms with Crippen LogP contribution >= 0.6 is 38.5 Å². The van der Waals surface area contributed by atoms with Crippen molar-refractivity contribution in [2.75, 3.05) is 12.4 Å². The van der Waals surface area contributed by atoms with E-state index in [0.29, 0.717) is 11.7 Å². The fourth-order valence-corrected chi connectivity index (χ4v) is 3.00. The third-order valence-electron chi connectivity index (χ3n) is 2.62. The van der Waals surface area contributed by atoms with Crippen molar-refractivity contribution >= 4 is 44.3 Å². The molecule has 100 valence electrons. The van der Waals surface area contributed by atoms with E-state index in [9.17, 15) is 0 Å². The highest BCUT2D eigenvalue weighted by atomic mass is 127. The Morgan fingerprint density at radius 3 is 2.53 bits per heavy atom. The van der Waals surface area contributed by atoms with Gasteiger partial charge in [0.2, 0.25) is 0 Å². The van der Waals surface area contributed by atoms with E-state index >= 15 is 0 Å². The molecule has 2 heterocycles. The highest BCUT2D eigenvalue weighted by Gasteiger charge is 2.15. The maximum absolute atomic E-state index is 4.64. The Labute approximate surface area is 134 Å². The van der Waals surface area contributed by atoms with Crippen LogP contribution in [0.2, 0.25) is 0 Å². The molecule has 0 spiro atoms. The molecule has 1 N–H and O–H groups in total. The number of pyridine rings is 1. The Morgan fingerprint density at radius 1 is 1.26 bits per heavy atom. The molecule has 4 nitrogen and oxygen atoms in total. The van der Waals surface area contributed by atoms with Crippen LogP contribution in [0, 0.1) is 3.57 Å². The first-order valence-corrected chi connectivity index (χ1v) is 7.77. The van der Waals surface area contributed by atoms with Gasteiger partial charge in [0.05, 0.1) is 9.26 Å². The molecule has 0 aromatic carbocycles. The zero-order valence-corrected chi connectivity index (χ0v) is 14.7. The summed E-state index contributed by atoms with van der Waals surface area (Å²) in [5.41, 5.74) is 1.82. The molecule has 2 aromatic heterocycles. The molecule has 0 unspecified atom stereocenters. The summed E-state index contributed by atoms with van der Waals surface area (Å²) in [5.74, 6) is 1.84. The smallest absolute Gasteiger partial charge is 0.180 e. The van der Waals surface area contributed by atoms with E-state index in [4.69, 9.17) is 0 Å². The van der Waals surface area contributed by atoms with E-state index in [1.807, 2.05) is 19.2 Å². The Bertz CT molecular complexity index is 584. The van der Waals surface area contributed by atoms with Crippen LogP contribution in [-0.2, 0) is 0 Å². The summed E-state index contributed by atoms with van der Waals surface area (Å²) in [6.07, 6.45) is 1.75. The van der Waals surface area contributed by atoms with Gasteiger partial charge in [-0.3, -0.25) is 4.98 Å². The van der Waals surface area contributed by atoms with Gasteiger partial charge in [0.25, 0.3) is 0 Å². The van der Waals surface area contributed by atoms with E-state index in [1.165, 1.54) is 0 Å². The van der Waals surface area contributed by atoms with Crippen LogP contribution in [0.15, 0.2) is 22.8 Å². The predicted octanol–water partition coefficient (Wildman–Crippen LogP) is 4.07. The molecule has 0 aliphatic heterocycles. The molecule has 0 atom stereocenters. The second kappa shape index (κ2) is 6.13. The average Bonchev–Trinajstić information content (AvgIpc) is 2.39. The van der Waals surface area contributed by atoms with Gasteiger partial charge >= 0.3 is 0 Å². The molecule has 0 radical (unpaired) electrons. The highest BCUT2D eigenvalue weighted by Crippen LogP contribution is 2.27. The fraction of sp³-hybridized carbons (Fsp3) is 0.308. The summed E-state index contributed by atoms with van der Waals surface area (Å²) >= 11 is 5.66. The number of nitrogens with one attached hydrogen (secondary N) is 1. The van der Waals surface area contributed by atoms with Gasteiger partial charge in [0.1, 0.15) is 11.5 Å². The lowest BCUT2D eigenvalue weighted by Crippen LogP contribution is -2.07. The third-order valence-corrected chi connectivity index (χ3v) is 4.15. The number of hydrogen-bond acceptors (Lipinski definition) is 4. The first-order valence-electron chi connectivity index (χ1n) is 5.90. The summed E-state index contributed by atoms with van der Waals surface area (Å²) in [5, 5.41) is 3.12. The molecule has 0 amide bonds. The molecule has 2 aromatic rings. The molecule has 0 fully saturated rings. The monoisotopic (exact) mass is 432 g/mol. The molecule has 2 rings (SSSR count). The Morgan fingerprint density at radius 2 is 2.00 bits per heavy atom. The van der Waals surface area contributed by atoms with Crippen molar-refractivity contribution in [2.45, 2.75) is 19.8 Å². The second-order valence-corrected chi connectivity index (χ2v) is 6.36. The van der Waals surface area contributed by atoms with Crippen molar-refractivity contribution in [2.24, 2.45) is 0 Å². The zero-order chi connectivity index (χ0) is 14.0. The van der Waals surface area contributed by atoms with Gasteiger partial charge in [-0.25, -0.2) is 9.97 Å². The highest BCUT2D eigenvalue weighted by molar-refractivity contribution is 14.1. The first-order chi connectivity index (χ1) is 9.02. The van der Waals surface area contributed by atoms with Crippen LogP contribution < -0.4 is 5.32 Å². The molecule has 0 saturated heterocycles. The van der Waals surface area contributed by atoms with Gasteiger partial charge in [-0.1, -0.05) is 13.8 Å². The maximum atomic E-state index is 4.64. The molecular formula is C13H14BrIN4. The van der Waals surface area contributed by atoms with Gasteiger partial charge in [0.15, 0.2) is 5.82 Å². The Kier molecular flexibility index (Phi) is 4.72. The molecule has 19 heavy (non-hydrogen) atoms. The standard InChI is InChI=1S/C13H14BrIN4/c1-7(2)11-10(15)13(16-3)19-12(18-11)9-5-4-8(14)6-17-9/h4-7H,1-3H3,(H,16,18,19). The number of halogens is 2. The molecule has 6 heteroatoms. The third kappa shape index (κ3) is 3.22. The summed E-state index contributed by atoms with van der Waals surface area (Å²) < 4.78 is 2.01. The molecule has 0 bridgehead atoms. The van der Waals surface area contributed by atoms with E-state index in [1.54, 1.807) is 6.20 Å². The Hall–Kier alpha value is -0.760. The SMILES string of the molecule is CNc1nc(-c2ccc(Br)cn2)nc(C(C)C)c1I. The Balaban J connectivity index is 2.57. The number of hydrogen-bond donors (Lipinski definition) is 1. The fourth-order valence-electron chi connectivity index (χ4n) is 1.64. The van der Waals surface area contributed by atoms with E-state index in [-0.39, 0.29) is 0 Å². The minimum Gasteiger partial charge on any atom is -0.372 e. The minimum absolute atomic E-state index is 0.344. The van der Waals surface area contributed by atoms with Crippen molar-refractivity contribution in [1.29, 1.82) is 0 Å². The summed E-state index contributed by atoms with van der Waals surface area (Å²) in [7, 11) is 1.87. The van der Waals surface area contributed by atoms with Crippen LogP contribution in [0.4, 0.5) is 5.82 Å². The lowest BCUT2D eigenvalue weighted by atomic mass is 10.1. The summed E-state index contributed by atoms with van der Waals surface area (Å²) in [6.45, 7) is 4.26. The maximum Gasteiger partial charge on any atom is 0.180 e. The first kappa shape index (κ1) is 14.6. The molecule has 0 aliphatic carbocycles. The van der Waals surface area contributed by atoms with Crippen LogP contribution in [0.5, 0.6) is 0 Å². The summed E-state index contributed by atoms with van der Waals surface area (Å²) in [4.78, 5) is 13.5. The number of nitrogens with zero attached hydrogens (tertiary/aromatic N) is 3. The molecular weight excluding hydrogens is 419 g/mol. The van der Waals surface area contributed by atoms with Crippen molar-refractivity contribution in [1.82, 2.24) is 15.0 Å². The van der Waals surface area contributed by atoms with Crippen LogP contribution in [-0.4, -0.2) is 22.0 Å². The van der Waals surface area contributed by atoms with Gasteiger partial charge < -0.3 is 5.32 Å². The van der Waals surface area contributed by atoms with Gasteiger partial charge in [-0.05, 0) is 56.6 Å². The van der Waals surface area contributed by atoms with Crippen molar-refractivity contribution in [3.63, 3.8) is 0 Å². The molecule has 0 saturated carbocycles. The molecule has 0 aliphatic rings. The lowest BCUT2D eigenvalue weighted by Gasteiger charge is -2.13. The van der Waals surface area contributed by atoms with Crippen LogP contribution in [0.1, 0.15) is 25.5 Å². The largest absolute Gasteiger partial charge is 0.372 e. The number of rotatable bonds is 3. The normalized spacial score (nSPS) is 10.8. The lowest BCUT2D eigenvalue weighted by molar-refractivity contribution is 0.808. The van der Waals surface area contributed by atoms with E-state index < -0.39 is 0 Å². The number of anilines is 1.